The normalized spacial score (nSPS) is 13.2. The number of phenolic OH excluding ortho intramolecular Hbond substituents is 1. The molecule has 27 heavy (non-hydrogen) atoms. The van der Waals surface area contributed by atoms with Crippen LogP contribution >= 0.6 is 0 Å². The Bertz CT molecular complexity index is 633. The fraction of sp³-hybridized carbons (Fsp3) is 0.579. The molecule has 0 aliphatic carbocycles. The van der Waals surface area contributed by atoms with E-state index in [1.165, 1.54) is 12.1 Å². The number of hydrogen-bond donors (Lipinski definition) is 1. The number of phenols is 1. The van der Waals surface area contributed by atoms with Crippen LogP contribution in [0.5, 0.6) is 5.75 Å². The summed E-state index contributed by atoms with van der Waals surface area (Å²) < 4.78 is 24.0. The summed E-state index contributed by atoms with van der Waals surface area (Å²) in [6.07, 6.45) is -1.12. The third kappa shape index (κ3) is 8.72. The number of hydroxylamine groups is 2. The minimum atomic E-state index is -1.23. The van der Waals surface area contributed by atoms with Crippen molar-refractivity contribution in [2.75, 3.05) is 6.80 Å². The summed E-state index contributed by atoms with van der Waals surface area (Å²) in [4.78, 5) is 29.4. The Labute approximate surface area is 159 Å². The highest BCUT2D eigenvalue weighted by molar-refractivity contribution is 5.76. The second kappa shape index (κ2) is 9.03. The van der Waals surface area contributed by atoms with E-state index in [2.05, 4.69) is 0 Å². The maximum Gasteiger partial charge on any atom is 0.528 e. The molecule has 0 radical (unpaired) electrons. The van der Waals surface area contributed by atoms with Gasteiger partial charge in [-0.3, -0.25) is 4.79 Å². The lowest BCUT2D eigenvalue weighted by molar-refractivity contribution is -0.204. The van der Waals surface area contributed by atoms with Crippen molar-refractivity contribution in [2.24, 2.45) is 0 Å². The average Bonchev–Trinajstić information content (AvgIpc) is 2.49. The molecule has 8 heteroatoms. The second-order valence-corrected chi connectivity index (χ2v) is 8.01. The molecule has 1 atom stereocenters. The van der Waals surface area contributed by atoms with Crippen LogP contribution in [-0.4, -0.2) is 46.3 Å². The monoisotopic (exact) mass is 385 g/mol. The van der Waals surface area contributed by atoms with Gasteiger partial charge in [0.2, 0.25) is 0 Å². The summed E-state index contributed by atoms with van der Waals surface area (Å²) in [7, 11) is 0. The molecule has 0 spiro atoms. The Morgan fingerprint density at radius 3 is 2.00 bits per heavy atom. The van der Waals surface area contributed by atoms with E-state index in [-0.39, 0.29) is 12.2 Å². The van der Waals surface area contributed by atoms with Crippen LogP contribution in [0, 0.1) is 0 Å². The van der Waals surface area contributed by atoms with Crippen molar-refractivity contribution < 1.29 is 33.4 Å². The van der Waals surface area contributed by atoms with Gasteiger partial charge in [0.25, 0.3) is 0 Å². The Morgan fingerprint density at radius 2 is 1.56 bits per heavy atom. The Morgan fingerprint density at radius 1 is 1.04 bits per heavy atom. The minimum absolute atomic E-state index is 0.00190. The van der Waals surface area contributed by atoms with Gasteiger partial charge in [-0.15, -0.1) is 0 Å². The number of rotatable bonds is 6. The maximum atomic E-state index is 13.6. The number of nitrogens with zero attached hydrogens (tertiary/aromatic N) is 1. The molecule has 0 aliphatic heterocycles. The molecule has 0 fully saturated rings. The largest absolute Gasteiger partial charge is 0.528 e. The number of halogens is 1. The molecule has 0 aromatic heterocycles. The molecule has 7 nitrogen and oxygen atoms in total. The molecule has 1 N–H and O–H groups in total. The van der Waals surface area contributed by atoms with E-state index < -0.39 is 36.2 Å². The number of ether oxygens (including phenoxy) is 2. The molecule has 0 unspecified atom stereocenters. The van der Waals surface area contributed by atoms with E-state index in [1.54, 1.807) is 53.7 Å². The quantitative estimate of drug-likeness (QED) is 0.453. The maximum absolute atomic E-state index is 13.6. The summed E-state index contributed by atoms with van der Waals surface area (Å²) in [5.74, 6) is -0.697. The average molecular weight is 385 g/mol. The van der Waals surface area contributed by atoms with Crippen molar-refractivity contribution in [3.05, 3.63) is 29.8 Å². The van der Waals surface area contributed by atoms with Crippen LogP contribution in [-0.2, 0) is 25.5 Å². The zero-order valence-corrected chi connectivity index (χ0v) is 16.6. The first-order valence-corrected chi connectivity index (χ1v) is 8.55. The molecular weight excluding hydrogens is 357 g/mol. The molecule has 0 saturated heterocycles. The highest BCUT2D eigenvalue weighted by Crippen LogP contribution is 2.19. The summed E-state index contributed by atoms with van der Waals surface area (Å²) in [6, 6.07) is 4.81. The van der Waals surface area contributed by atoms with Crippen molar-refractivity contribution in [2.45, 2.75) is 65.2 Å². The molecule has 1 rings (SSSR count). The minimum Gasteiger partial charge on any atom is -0.508 e. The first-order chi connectivity index (χ1) is 12.3. The van der Waals surface area contributed by atoms with Gasteiger partial charge in [-0.25, -0.2) is 9.18 Å². The molecule has 1 aromatic rings. The van der Waals surface area contributed by atoms with Gasteiger partial charge in [-0.2, -0.15) is 0 Å². The van der Waals surface area contributed by atoms with Crippen molar-refractivity contribution in [3.63, 3.8) is 0 Å². The summed E-state index contributed by atoms with van der Waals surface area (Å²) in [5, 5.41) is 9.98. The van der Waals surface area contributed by atoms with Crippen LogP contribution in [0.1, 0.15) is 47.1 Å². The first kappa shape index (κ1) is 22.7. The van der Waals surface area contributed by atoms with Crippen LogP contribution in [0.25, 0.3) is 0 Å². The van der Waals surface area contributed by atoms with Crippen LogP contribution in [0.4, 0.5) is 9.18 Å². The summed E-state index contributed by atoms with van der Waals surface area (Å²) in [5.41, 5.74) is -1.02. The smallest absolute Gasteiger partial charge is 0.508 e. The Kier molecular flexibility index (Phi) is 7.59. The van der Waals surface area contributed by atoms with Crippen molar-refractivity contribution in [1.82, 2.24) is 5.06 Å². The molecule has 0 amide bonds. The van der Waals surface area contributed by atoms with E-state index in [9.17, 15) is 19.1 Å². The first-order valence-electron chi connectivity index (χ1n) is 8.55. The lowest BCUT2D eigenvalue weighted by Gasteiger charge is -2.30. The highest BCUT2D eigenvalue weighted by Gasteiger charge is 2.34. The van der Waals surface area contributed by atoms with Crippen LogP contribution in [0.15, 0.2) is 24.3 Å². The third-order valence-corrected chi connectivity index (χ3v) is 3.09. The predicted molar refractivity (Wildman–Crippen MR) is 96.6 cm³/mol. The van der Waals surface area contributed by atoms with Crippen LogP contribution in [0.3, 0.4) is 0 Å². The van der Waals surface area contributed by atoms with Gasteiger partial charge >= 0.3 is 12.1 Å². The summed E-state index contributed by atoms with van der Waals surface area (Å²) >= 11 is 0. The highest BCUT2D eigenvalue weighted by atomic mass is 19.1. The van der Waals surface area contributed by atoms with Crippen molar-refractivity contribution in [1.29, 1.82) is 0 Å². The standard InChI is InChI=1S/C19H28FNO6/c1-18(2,3)25-16(23)15(11-13-7-9-14(22)10-8-13)21(12-20)27-17(24)26-19(4,5)6/h7-10,15,22H,11-12H2,1-6H3/t15-/m1/s1. The molecule has 152 valence electrons. The fourth-order valence-corrected chi connectivity index (χ4v) is 2.06. The zero-order chi connectivity index (χ0) is 20.8. The Balaban J connectivity index is 3.03. The zero-order valence-electron chi connectivity index (χ0n) is 16.6. The molecular formula is C19H28FNO6. The lowest BCUT2D eigenvalue weighted by Crippen LogP contribution is -2.47. The fourth-order valence-electron chi connectivity index (χ4n) is 2.06. The number of carbonyl (C=O) groups is 2. The van der Waals surface area contributed by atoms with Gasteiger partial charge in [0, 0.05) is 6.42 Å². The van der Waals surface area contributed by atoms with Gasteiger partial charge in [-0.05, 0) is 59.2 Å². The number of alkyl halides is 1. The topological polar surface area (TPSA) is 85.3 Å². The van der Waals surface area contributed by atoms with Crippen LogP contribution < -0.4 is 0 Å². The van der Waals surface area contributed by atoms with E-state index in [0.29, 0.717) is 10.6 Å². The molecule has 1 aromatic carbocycles. The third-order valence-electron chi connectivity index (χ3n) is 3.09. The summed E-state index contributed by atoms with van der Waals surface area (Å²) in [6.45, 7) is 8.70. The number of aromatic hydroxyl groups is 1. The SMILES string of the molecule is CC(C)(C)OC(=O)ON(CF)[C@H](Cc1ccc(O)cc1)C(=O)OC(C)(C)C. The van der Waals surface area contributed by atoms with Crippen molar-refractivity contribution >= 4 is 12.1 Å². The Hall–Kier alpha value is -2.35. The number of carbonyl (C=O) groups excluding carboxylic acids is 2. The van der Waals surface area contributed by atoms with Crippen LogP contribution in [0.2, 0.25) is 0 Å². The molecule has 0 saturated carbocycles. The van der Waals surface area contributed by atoms with Gasteiger partial charge in [-0.1, -0.05) is 17.2 Å². The number of benzene rings is 1. The van der Waals surface area contributed by atoms with E-state index in [4.69, 9.17) is 14.3 Å². The molecule has 0 heterocycles. The van der Waals surface area contributed by atoms with E-state index in [0.717, 1.165) is 0 Å². The lowest BCUT2D eigenvalue weighted by atomic mass is 10.1. The number of esters is 1. The van der Waals surface area contributed by atoms with E-state index >= 15 is 0 Å². The van der Waals surface area contributed by atoms with Crippen molar-refractivity contribution in [3.8, 4) is 5.75 Å². The van der Waals surface area contributed by atoms with Gasteiger partial charge in [0.15, 0.2) is 12.8 Å². The molecule has 0 bridgehead atoms. The predicted octanol–water partition coefficient (Wildman–Crippen LogP) is 3.74. The van der Waals surface area contributed by atoms with Gasteiger partial charge in [0.1, 0.15) is 17.0 Å². The van der Waals surface area contributed by atoms with Gasteiger partial charge < -0.3 is 19.4 Å². The van der Waals surface area contributed by atoms with E-state index in [1.807, 2.05) is 0 Å². The number of hydrogen-bond acceptors (Lipinski definition) is 7. The van der Waals surface area contributed by atoms with Gasteiger partial charge in [0.05, 0.1) is 0 Å². The second-order valence-electron chi connectivity index (χ2n) is 8.01. The molecule has 0 aliphatic rings.